The lowest BCUT2D eigenvalue weighted by Crippen LogP contribution is -2.55. The molecule has 7 nitrogen and oxygen atoms in total. The molecule has 3 aromatic carbocycles. The first-order valence-electron chi connectivity index (χ1n) is 14.0. The van der Waals surface area contributed by atoms with Gasteiger partial charge in [-0.05, 0) is 59.0 Å². The van der Waals surface area contributed by atoms with Gasteiger partial charge < -0.3 is 10.2 Å². The van der Waals surface area contributed by atoms with Crippen LogP contribution in [0.2, 0.25) is 0 Å². The molecule has 2 amide bonds. The van der Waals surface area contributed by atoms with E-state index in [2.05, 4.69) is 21.2 Å². The van der Waals surface area contributed by atoms with Crippen molar-refractivity contribution in [2.45, 2.75) is 64.1 Å². The standard InChI is InChI=1S/C32H38BrN3O4S/c1-24-17-19-26(20-18-24)22-35(31(37)23-36(41(2,39)40)29-16-10-9-15-28(29)33)30(21-25-11-5-3-6-12-25)32(38)34-27-13-7-4-8-14-27/h3,5-6,9-12,15-20,27,30H,4,7-8,13-14,21-23H2,1-2H3,(H,34,38)/t30-/m1/s1. The van der Waals surface area contributed by atoms with Gasteiger partial charge in [-0.25, -0.2) is 8.42 Å². The molecule has 0 unspecified atom stereocenters. The number of nitrogens with zero attached hydrogens (tertiary/aromatic N) is 2. The third-order valence-electron chi connectivity index (χ3n) is 7.50. The second-order valence-corrected chi connectivity index (χ2v) is 13.5. The summed E-state index contributed by atoms with van der Waals surface area (Å²) in [5.41, 5.74) is 3.23. The van der Waals surface area contributed by atoms with Crippen LogP contribution in [0.15, 0.2) is 83.3 Å². The van der Waals surface area contributed by atoms with E-state index in [9.17, 15) is 18.0 Å². The highest BCUT2D eigenvalue weighted by atomic mass is 79.9. The number of carbonyl (C=O) groups excluding carboxylic acids is 2. The average Bonchev–Trinajstić information content (AvgIpc) is 2.95. The first-order valence-corrected chi connectivity index (χ1v) is 16.7. The molecule has 1 N–H and O–H groups in total. The van der Waals surface area contributed by atoms with Crippen LogP contribution in [0, 0.1) is 6.92 Å². The van der Waals surface area contributed by atoms with Crippen molar-refractivity contribution in [3.63, 3.8) is 0 Å². The third kappa shape index (κ3) is 8.66. The smallest absolute Gasteiger partial charge is 0.244 e. The minimum absolute atomic E-state index is 0.0682. The molecule has 0 heterocycles. The molecule has 0 radical (unpaired) electrons. The molecule has 0 bridgehead atoms. The summed E-state index contributed by atoms with van der Waals surface area (Å²) in [5, 5.41) is 3.22. The van der Waals surface area contributed by atoms with E-state index >= 15 is 0 Å². The zero-order valence-electron chi connectivity index (χ0n) is 23.6. The quantitative estimate of drug-likeness (QED) is 0.295. The van der Waals surface area contributed by atoms with E-state index in [-0.39, 0.29) is 18.5 Å². The molecule has 1 atom stereocenters. The van der Waals surface area contributed by atoms with Gasteiger partial charge in [-0.2, -0.15) is 0 Å². The number of aryl methyl sites for hydroxylation is 1. The lowest BCUT2D eigenvalue weighted by Gasteiger charge is -2.35. The summed E-state index contributed by atoms with van der Waals surface area (Å²) in [6, 6.07) is 23.6. The Bertz CT molecular complexity index is 1420. The first kappa shape index (κ1) is 30.8. The Labute approximate surface area is 252 Å². The van der Waals surface area contributed by atoms with E-state index in [1.165, 1.54) is 0 Å². The van der Waals surface area contributed by atoms with Crippen LogP contribution in [0.5, 0.6) is 0 Å². The predicted molar refractivity (Wildman–Crippen MR) is 167 cm³/mol. The van der Waals surface area contributed by atoms with E-state index in [0.29, 0.717) is 16.6 Å². The van der Waals surface area contributed by atoms with E-state index in [4.69, 9.17) is 0 Å². The number of para-hydroxylation sites is 1. The van der Waals surface area contributed by atoms with Gasteiger partial charge in [0.2, 0.25) is 21.8 Å². The van der Waals surface area contributed by atoms with E-state index < -0.39 is 28.5 Å². The fourth-order valence-corrected chi connectivity index (χ4v) is 6.71. The lowest BCUT2D eigenvalue weighted by molar-refractivity contribution is -0.140. The first-order chi connectivity index (χ1) is 19.6. The molecule has 0 aromatic heterocycles. The molecule has 1 fully saturated rings. The Morgan fingerprint density at radius 1 is 0.902 bits per heavy atom. The molecular formula is C32H38BrN3O4S. The maximum atomic E-state index is 14.2. The number of halogens is 1. The number of carbonyl (C=O) groups is 2. The number of rotatable bonds is 11. The fraction of sp³-hybridized carbons (Fsp3) is 0.375. The maximum Gasteiger partial charge on any atom is 0.244 e. The molecule has 218 valence electrons. The van der Waals surface area contributed by atoms with Crippen LogP contribution >= 0.6 is 15.9 Å². The Balaban J connectivity index is 1.72. The summed E-state index contributed by atoms with van der Waals surface area (Å²) < 4.78 is 27.6. The topological polar surface area (TPSA) is 86.8 Å². The zero-order valence-corrected chi connectivity index (χ0v) is 26.0. The molecule has 1 saturated carbocycles. The largest absolute Gasteiger partial charge is 0.352 e. The molecule has 1 aliphatic carbocycles. The van der Waals surface area contributed by atoms with Crippen molar-refractivity contribution < 1.29 is 18.0 Å². The van der Waals surface area contributed by atoms with Gasteiger partial charge in [0.25, 0.3) is 0 Å². The van der Waals surface area contributed by atoms with Crippen molar-refractivity contribution in [2.75, 3.05) is 17.1 Å². The molecule has 41 heavy (non-hydrogen) atoms. The van der Waals surface area contributed by atoms with Crippen molar-refractivity contribution in [1.29, 1.82) is 0 Å². The van der Waals surface area contributed by atoms with Gasteiger partial charge in [0.15, 0.2) is 0 Å². The second-order valence-electron chi connectivity index (χ2n) is 10.8. The Hall–Kier alpha value is -3.17. The van der Waals surface area contributed by atoms with Gasteiger partial charge in [-0.15, -0.1) is 0 Å². The normalized spacial score (nSPS) is 14.7. The predicted octanol–water partition coefficient (Wildman–Crippen LogP) is 5.61. The van der Waals surface area contributed by atoms with Gasteiger partial charge in [0, 0.05) is 23.5 Å². The summed E-state index contributed by atoms with van der Waals surface area (Å²) in [6.07, 6.45) is 6.52. The molecule has 0 saturated heterocycles. The number of amides is 2. The van der Waals surface area contributed by atoms with Crippen LogP contribution < -0.4 is 9.62 Å². The van der Waals surface area contributed by atoms with Crippen LogP contribution in [0.25, 0.3) is 0 Å². The number of hydrogen-bond acceptors (Lipinski definition) is 4. The Morgan fingerprint density at radius 2 is 1.54 bits per heavy atom. The van der Waals surface area contributed by atoms with E-state index in [1.807, 2.05) is 61.5 Å². The summed E-state index contributed by atoms with van der Waals surface area (Å²) in [6.45, 7) is 1.72. The lowest BCUT2D eigenvalue weighted by atomic mass is 9.94. The zero-order chi connectivity index (χ0) is 29.4. The van der Waals surface area contributed by atoms with Gasteiger partial charge in [0.05, 0.1) is 11.9 Å². The fourth-order valence-electron chi connectivity index (χ4n) is 5.24. The monoisotopic (exact) mass is 639 g/mol. The molecular weight excluding hydrogens is 602 g/mol. The van der Waals surface area contributed by atoms with Gasteiger partial charge in [-0.1, -0.05) is 91.6 Å². The van der Waals surface area contributed by atoms with Gasteiger partial charge >= 0.3 is 0 Å². The average molecular weight is 641 g/mol. The van der Waals surface area contributed by atoms with Crippen LogP contribution in [0.3, 0.4) is 0 Å². The SMILES string of the molecule is Cc1ccc(CN(C(=O)CN(c2ccccc2Br)S(C)(=O)=O)[C@H](Cc2ccccc2)C(=O)NC2CCCCC2)cc1. The van der Waals surface area contributed by atoms with Crippen LogP contribution in [0.1, 0.15) is 48.8 Å². The highest BCUT2D eigenvalue weighted by Crippen LogP contribution is 2.28. The van der Waals surface area contributed by atoms with Crippen LogP contribution in [-0.4, -0.2) is 50.0 Å². The highest BCUT2D eigenvalue weighted by molar-refractivity contribution is 9.10. The maximum absolute atomic E-state index is 14.2. The molecule has 3 aromatic rings. The third-order valence-corrected chi connectivity index (χ3v) is 9.29. The Morgan fingerprint density at radius 3 is 2.17 bits per heavy atom. The Kier molecular flexibility index (Phi) is 10.6. The van der Waals surface area contributed by atoms with E-state index in [0.717, 1.165) is 59.4 Å². The van der Waals surface area contributed by atoms with Crippen molar-refractivity contribution in [3.8, 4) is 0 Å². The van der Waals surface area contributed by atoms with Gasteiger partial charge in [-0.3, -0.25) is 13.9 Å². The molecule has 0 aliphatic heterocycles. The highest BCUT2D eigenvalue weighted by Gasteiger charge is 2.34. The molecule has 0 spiro atoms. The summed E-state index contributed by atoms with van der Waals surface area (Å²) >= 11 is 3.43. The minimum Gasteiger partial charge on any atom is -0.352 e. The van der Waals surface area contributed by atoms with Crippen LogP contribution in [-0.2, 0) is 32.6 Å². The van der Waals surface area contributed by atoms with Crippen molar-refractivity contribution in [2.24, 2.45) is 0 Å². The number of benzene rings is 3. The number of sulfonamides is 1. The summed E-state index contributed by atoms with van der Waals surface area (Å²) in [7, 11) is -3.82. The number of anilines is 1. The molecule has 9 heteroatoms. The van der Waals surface area contributed by atoms with Crippen molar-refractivity contribution >= 4 is 43.5 Å². The van der Waals surface area contributed by atoms with E-state index in [1.54, 1.807) is 29.2 Å². The minimum atomic E-state index is -3.82. The number of hydrogen-bond donors (Lipinski definition) is 1. The second kappa shape index (κ2) is 14.1. The molecule has 1 aliphatic rings. The van der Waals surface area contributed by atoms with Gasteiger partial charge in [0.1, 0.15) is 12.6 Å². The summed E-state index contributed by atoms with van der Waals surface area (Å²) in [4.78, 5) is 29.7. The van der Waals surface area contributed by atoms with Crippen LogP contribution in [0.4, 0.5) is 5.69 Å². The van der Waals surface area contributed by atoms with Crippen molar-refractivity contribution in [1.82, 2.24) is 10.2 Å². The summed E-state index contributed by atoms with van der Waals surface area (Å²) in [5.74, 6) is -0.667. The van der Waals surface area contributed by atoms with Crippen molar-refractivity contribution in [3.05, 3.63) is 100 Å². The molecule has 4 rings (SSSR count). The number of nitrogens with one attached hydrogen (secondary N) is 1.